The Morgan fingerprint density at radius 1 is 1.27 bits per heavy atom. The van der Waals surface area contributed by atoms with Crippen molar-refractivity contribution in [3.05, 3.63) is 41.0 Å². The van der Waals surface area contributed by atoms with Gasteiger partial charge in [-0.15, -0.1) is 0 Å². The number of piperazine rings is 1. The zero-order valence-electron chi connectivity index (χ0n) is 15.0. The van der Waals surface area contributed by atoms with Crippen LogP contribution in [0.4, 0.5) is 0 Å². The van der Waals surface area contributed by atoms with Crippen molar-refractivity contribution in [2.45, 2.75) is 13.0 Å². The summed E-state index contributed by atoms with van der Waals surface area (Å²) < 4.78 is 6.93. The molecule has 0 saturated carbocycles. The van der Waals surface area contributed by atoms with Gasteiger partial charge in [0.2, 0.25) is 10.8 Å². The van der Waals surface area contributed by atoms with E-state index in [9.17, 15) is 5.11 Å². The number of ether oxygens (including phenoxy) is 1. The highest BCUT2D eigenvalue weighted by molar-refractivity contribution is 7.17. The van der Waals surface area contributed by atoms with Crippen molar-refractivity contribution >= 4 is 16.3 Å². The smallest absolute Gasteiger partial charge is 0.230 e. The number of nitrogens with zero attached hydrogens (tertiary/aromatic N) is 5. The molecule has 0 amide bonds. The Bertz CT molecular complexity index is 885. The Kier molecular flexibility index (Phi) is 4.80. The van der Waals surface area contributed by atoms with E-state index in [1.54, 1.807) is 7.11 Å². The van der Waals surface area contributed by atoms with Gasteiger partial charge in [-0.1, -0.05) is 30.4 Å². The summed E-state index contributed by atoms with van der Waals surface area (Å²) in [6.45, 7) is 7.21. The largest absolute Gasteiger partial charge is 0.497 e. The van der Waals surface area contributed by atoms with Crippen LogP contribution in [0, 0.1) is 0 Å². The van der Waals surface area contributed by atoms with E-state index in [1.807, 2.05) is 18.2 Å². The first-order valence-electron chi connectivity index (χ1n) is 8.83. The van der Waals surface area contributed by atoms with Gasteiger partial charge in [-0.2, -0.15) is 9.61 Å². The van der Waals surface area contributed by atoms with E-state index in [0.29, 0.717) is 4.96 Å². The molecule has 1 N–H and O–H groups in total. The van der Waals surface area contributed by atoms with Gasteiger partial charge in [0, 0.05) is 26.2 Å². The number of aromatic hydroxyl groups is 1. The molecule has 1 saturated heterocycles. The second-order valence-electron chi connectivity index (χ2n) is 6.39. The molecule has 0 spiro atoms. The third-order valence-electron chi connectivity index (χ3n) is 5.02. The molecule has 1 aliphatic rings. The molecule has 26 heavy (non-hydrogen) atoms. The Balaban J connectivity index is 1.76. The highest BCUT2D eigenvalue weighted by atomic mass is 32.1. The molecule has 2 aromatic heterocycles. The van der Waals surface area contributed by atoms with Crippen molar-refractivity contribution in [3.8, 4) is 11.6 Å². The second-order valence-corrected chi connectivity index (χ2v) is 7.40. The zero-order valence-corrected chi connectivity index (χ0v) is 15.8. The number of rotatable bonds is 5. The van der Waals surface area contributed by atoms with Crippen LogP contribution in [0.5, 0.6) is 11.6 Å². The van der Waals surface area contributed by atoms with Crippen molar-refractivity contribution in [3.63, 3.8) is 0 Å². The van der Waals surface area contributed by atoms with Gasteiger partial charge in [-0.3, -0.25) is 4.90 Å². The first-order chi connectivity index (χ1) is 12.7. The molecule has 1 aromatic carbocycles. The fraction of sp³-hybridized carbons (Fsp3) is 0.444. The van der Waals surface area contributed by atoms with Gasteiger partial charge in [0.15, 0.2) is 0 Å². The van der Waals surface area contributed by atoms with E-state index in [1.165, 1.54) is 22.2 Å². The van der Waals surface area contributed by atoms with E-state index in [-0.39, 0.29) is 11.9 Å². The monoisotopic (exact) mass is 373 g/mol. The van der Waals surface area contributed by atoms with E-state index >= 15 is 0 Å². The van der Waals surface area contributed by atoms with Gasteiger partial charge in [0.05, 0.1) is 18.0 Å². The molecule has 0 aliphatic carbocycles. The number of benzene rings is 1. The van der Waals surface area contributed by atoms with Gasteiger partial charge in [0.1, 0.15) is 12.1 Å². The Morgan fingerprint density at radius 2 is 2.08 bits per heavy atom. The molecule has 138 valence electrons. The van der Waals surface area contributed by atoms with Crippen LogP contribution in [0.2, 0.25) is 0 Å². The molecule has 3 heterocycles. The minimum absolute atomic E-state index is 0.0439. The molecule has 0 bridgehead atoms. The van der Waals surface area contributed by atoms with Crippen molar-refractivity contribution in [2.75, 3.05) is 39.8 Å². The first-order valence-corrected chi connectivity index (χ1v) is 9.64. The summed E-state index contributed by atoms with van der Waals surface area (Å²) >= 11 is 1.49. The fourth-order valence-electron chi connectivity index (χ4n) is 3.55. The lowest BCUT2D eigenvalue weighted by Crippen LogP contribution is -2.47. The van der Waals surface area contributed by atoms with Gasteiger partial charge >= 0.3 is 0 Å². The molecule has 4 rings (SSSR count). The van der Waals surface area contributed by atoms with Crippen molar-refractivity contribution in [2.24, 2.45) is 0 Å². The number of thiazole rings is 1. The normalized spacial score (nSPS) is 17.6. The highest BCUT2D eigenvalue weighted by Crippen LogP contribution is 2.40. The van der Waals surface area contributed by atoms with Gasteiger partial charge in [0.25, 0.3) is 0 Å². The summed E-state index contributed by atoms with van der Waals surface area (Å²) in [5, 5.41) is 14.9. The maximum absolute atomic E-state index is 10.8. The lowest BCUT2D eigenvalue weighted by molar-refractivity contribution is 0.113. The molecule has 1 fully saturated rings. The Morgan fingerprint density at radius 3 is 2.77 bits per heavy atom. The number of fused-ring (bicyclic) bond motifs is 1. The lowest BCUT2D eigenvalue weighted by Gasteiger charge is -2.38. The standard InChI is InChI=1S/C18H23N5O2S/c1-3-21-7-9-22(10-8-21)15(13-5-4-6-14(11-13)25-2)16-17(24)23-18(26-16)19-12-20-23/h4-6,11-12,15,24H,3,7-10H2,1-2H3/t15-/m0/s1. The Hall–Kier alpha value is -2.16. The number of hydrogen-bond donors (Lipinski definition) is 1. The fourth-order valence-corrected chi connectivity index (χ4v) is 4.64. The number of hydrogen-bond acceptors (Lipinski definition) is 7. The average molecular weight is 373 g/mol. The van der Waals surface area contributed by atoms with Crippen molar-refractivity contribution < 1.29 is 9.84 Å². The maximum Gasteiger partial charge on any atom is 0.230 e. The molecule has 8 heteroatoms. The van der Waals surface area contributed by atoms with Crippen LogP contribution >= 0.6 is 11.3 Å². The maximum atomic E-state index is 10.8. The summed E-state index contributed by atoms with van der Waals surface area (Å²) in [7, 11) is 1.68. The summed E-state index contributed by atoms with van der Waals surface area (Å²) in [6, 6.07) is 8.04. The molecule has 0 unspecified atom stereocenters. The lowest BCUT2D eigenvalue weighted by atomic mass is 10.0. The quantitative estimate of drug-likeness (QED) is 0.740. The van der Waals surface area contributed by atoms with Crippen LogP contribution < -0.4 is 4.74 Å². The summed E-state index contributed by atoms with van der Waals surface area (Å²) in [4.78, 5) is 10.7. The summed E-state index contributed by atoms with van der Waals surface area (Å²) in [5.74, 6) is 0.992. The molecular weight excluding hydrogens is 350 g/mol. The molecule has 1 atom stereocenters. The molecular formula is C18H23N5O2S. The van der Waals surface area contributed by atoms with Gasteiger partial charge < -0.3 is 14.7 Å². The van der Waals surface area contributed by atoms with Crippen LogP contribution in [0.25, 0.3) is 4.96 Å². The van der Waals surface area contributed by atoms with Crippen LogP contribution in [0.15, 0.2) is 30.6 Å². The molecule has 7 nitrogen and oxygen atoms in total. The summed E-state index contributed by atoms with van der Waals surface area (Å²) in [6.07, 6.45) is 1.47. The molecule has 0 radical (unpaired) electrons. The van der Waals surface area contributed by atoms with Crippen LogP contribution in [-0.2, 0) is 0 Å². The second kappa shape index (κ2) is 7.22. The number of likely N-dealkylation sites (N-methyl/N-ethyl adjacent to an activating group) is 1. The van der Waals surface area contributed by atoms with Crippen LogP contribution in [0.1, 0.15) is 23.4 Å². The van der Waals surface area contributed by atoms with Crippen molar-refractivity contribution in [1.29, 1.82) is 0 Å². The van der Waals surface area contributed by atoms with E-state index in [4.69, 9.17) is 4.74 Å². The summed E-state index contributed by atoms with van der Waals surface area (Å²) in [5.41, 5.74) is 1.11. The minimum atomic E-state index is -0.0439. The van der Waals surface area contributed by atoms with Crippen LogP contribution in [0.3, 0.4) is 0 Å². The van der Waals surface area contributed by atoms with E-state index in [2.05, 4.69) is 32.9 Å². The predicted molar refractivity (Wildman–Crippen MR) is 101 cm³/mol. The number of aromatic nitrogens is 3. The van der Waals surface area contributed by atoms with Crippen LogP contribution in [-0.4, -0.2) is 69.3 Å². The third kappa shape index (κ3) is 3.04. The zero-order chi connectivity index (χ0) is 18.1. The minimum Gasteiger partial charge on any atom is -0.497 e. The Labute approximate surface area is 156 Å². The molecule has 1 aliphatic heterocycles. The topological polar surface area (TPSA) is 66.1 Å². The van der Waals surface area contributed by atoms with Gasteiger partial charge in [-0.05, 0) is 24.2 Å². The number of methoxy groups -OCH3 is 1. The van der Waals surface area contributed by atoms with E-state index in [0.717, 1.165) is 48.9 Å². The molecule has 3 aromatic rings. The SMILES string of the molecule is CCN1CCN([C@@H](c2cccc(OC)c2)c2sc3ncnn3c2O)CC1. The average Bonchev–Trinajstić information content (AvgIpc) is 3.26. The van der Waals surface area contributed by atoms with E-state index < -0.39 is 0 Å². The predicted octanol–water partition coefficient (Wildman–Crippen LogP) is 2.23. The van der Waals surface area contributed by atoms with Gasteiger partial charge in [-0.25, -0.2) is 4.98 Å². The van der Waals surface area contributed by atoms with Crippen molar-refractivity contribution in [1.82, 2.24) is 24.4 Å². The highest BCUT2D eigenvalue weighted by Gasteiger charge is 2.31. The third-order valence-corrected chi connectivity index (χ3v) is 6.10. The first kappa shape index (κ1) is 17.3.